The first-order valence-electron chi connectivity index (χ1n) is 10.9. The van der Waals surface area contributed by atoms with Gasteiger partial charge < -0.3 is 15.0 Å². The van der Waals surface area contributed by atoms with Gasteiger partial charge >= 0.3 is 0 Å². The van der Waals surface area contributed by atoms with Crippen LogP contribution in [-0.4, -0.2) is 37.3 Å². The molecule has 5 fully saturated rings. The first-order chi connectivity index (χ1) is 13.5. The first kappa shape index (κ1) is 18.2. The molecule has 0 unspecified atom stereocenters. The highest BCUT2D eigenvalue weighted by molar-refractivity contribution is 5.69. The zero-order chi connectivity index (χ0) is 19.3. The summed E-state index contributed by atoms with van der Waals surface area (Å²) in [5.41, 5.74) is 2.23. The molecule has 1 atom stereocenters. The largest absolute Gasteiger partial charge is 0.378 e. The zero-order valence-corrected chi connectivity index (χ0v) is 16.7. The maximum absolute atomic E-state index is 11.7. The molecule has 1 aliphatic heterocycles. The molecule has 0 spiro atoms. The molecule has 6 heteroatoms. The molecule has 0 amide bonds. The van der Waals surface area contributed by atoms with Gasteiger partial charge in [-0.25, -0.2) is 0 Å². The Balaban J connectivity index is 1.41. The SMILES string of the molecule is C[C@@H](Nc1cc(N2CCOCC2)ccc1[N+](=O)[O-])C12CC3CC(CC(C3)C1)C2. The van der Waals surface area contributed by atoms with Crippen molar-refractivity contribution in [2.75, 3.05) is 36.5 Å². The van der Waals surface area contributed by atoms with E-state index in [0.29, 0.717) is 24.3 Å². The van der Waals surface area contributed by atoms with Gasteiger partial charge in [-0.05, 0) is 80.8 Å². The van der Waals surface area contributed by atoms with Gasteiger partial charge in [0.1, 0.15) is 5.69 Å². The standard InChI is InChI=1S/C22H31N3O3/c1-15(22-12-16-8-17(13-22)10-18(9-16)14-22)23-20-11-19(2-3-21(20)25(26)27)24-4-6-28-7-5-24/h2-3,11,15-18,23H,4-10,12-14H2,1H3/t15-,16?,17?,18?,22?/m1/s1. The van der Waals surface area contributed by atoms with Crippen LogP contribution in [-0.2, 0) is 4.74 Å². The molecular formula is C22H31N3O3. The van der Waals surface area contributed by atoms with Gasteiger partial charge in [0.05, 0.1) is 18.1 Å². The van der Waals surface area contributed by atoms with Gasteiger partial charge in [-0.15, -0.1) is 0 Å². The Hall–Kier alpha value is -1.82. The second-order valence-corrected chi connectivity index (χ2v) is 9.70. The highest BCUT2D eigenvalue weighted by Crippen LogP contribution is 2.61. The van der Waals surface area contributed by atoms with Gasteiger partial charge in [0.2, 0.25) is 0 Å². The first-order valence-corrected chi connectivity index (χ1v) is 10.9. The molecule has 1 N–H and O–H groups in total. The molecular weight excluding hydrogens is 354 g/mol. The van der Waals surface area contributed by atoms with E-state index in [2.05, 4.69) is 17.1 Å². The summed E-state index contributed by atoms with van der Waals surface area (Å²) in [6.45, 7) is 5.36. The van der Waals surface area contributed by atoms with E-state index >= 15 is 0 Å². The summed E-state index contributed by atoms with van der Waals surface area (Å²) in [6.07, 6.45) is 8.13. The lowest BCUT2D eigenvalue weighted by molar-refractivity contribution is -0.384. The minimum absolute atomic E-state index is 0.189. The van der Waals surface area contributed by atoms with Crippen molar-refractivity contribution >= 4 is 17.1 Å². The average molecular weight is 386 g/mol. The van der Waals surface area contributed by atoms with Crippen molar-refractivity contribution in [3.8, 4) is 0 Å². The van der Waals surface area contributed by atoms with Crippen molar-refractivity contribution < 1.29 is 9.66 Å². The third-order valence-corrected chi connectivity index (χ3v) is 7.93. The molecule has 5 aliphatic rings. The van der Waals surface area contributed by atoms with Crippen LogP contribution in [0.25, 0.3) is 0 Å². The molecule has 4 aliphatic carbocycles. The molecule has 4 bridgehead atoms. The van der Waals surface area contributed by atoms with Gasteiger partial charge in [-0.2, -0.15) is 0 Å². The number of anilines is 2. The van der Waals surface area contributed by atoms with E-state index in [0.717, 1.165) is 36.5 Å². The van der Waals surface area contributed by atoms with Crippen LogP contribution in [0.5, 0.6) is 0 Å². The maximum atomic E-state index is 11.7. The normalized spacial score (nSPS) is 35.0. The number of nitro benzene ring substituents is 1. The molecule has 152 valence electrons. The molecule has 1 aromatic carbocycles. The molecule has 1 heterocycles. The van der Waals surface area contributed by atoms with Gasteiger partial charge in [0, 0.05) is 30.9 Å². The monoisotopic (exact) mass is 385 g/mol. The number of rotatable bonds is 5. The van der Waals surface area contributed by atoms with Crippen LogP contribution in [0.3, 0.4) is 0 Å². The predicted octanol–water partition coefficient (Wildman–Crippen LogP) is 4.45. The van der Waals surface area contributed by atoms with E-state index in [9.17, 15) is 10.1 Å². The zero-order valence-electron chi connectivity index (χ0n) is 16.7. The van der Waals surface area contributed by atoms with Gasteiger partial charge in [0.15, 0.2) is 0 Å². The quantitative estimate of drug-likeness (QED) is 0.599. The number of nitrogens with one attached hydrogen (secondary N) is 1. The second kappa shape index (κ2) is 6.90. The third-order valence-electron chi connectivity index (χ3n) is 7.93. The van der Waals surface area contributed by atoms with Gasteiger partial charge in [-0.1, -0.05) is 0 Å². The van der Waals surface area contributed by atoms with Crippen molar-refractivity contribution in [2.45, 2.75) is 51.5 Å². The predicted molar refractivity (Wildman–Crippen MR) is 110 cm³/mol. The average Bonchev–Trinajstić information content (AvgIpc) is 2.67. The smallest absolute Gasteiger partial charge is 0.292 e. The van der Waals surface area contributed by atoms with Gasteiger partial charge in [0.25, 0.3) is 5.69 Å². The number of hydrogen-bond donors (Lipinski definition) is 1. The maximum Gasteiger partial charge on any atom is 0.292 e. The lowest BCUT2D eigenvalue weighted by atomic mass is 9.48. The molecule has 1 saturated heterocycles. The number of hydrogen-bond acceptors (Lipinski definition) is 5. The molecule has 6 rings (SSSR count). The van der Waals surface area contributed by atoms with Gasteiger partial charge in [-0.3, -0.25) is 10.1 Å². The van der Waals surface area contributed by atoms with E-state index in [-0.39, 0.29) is 16.7 Å². The fraction of sp³-hybridized carbons (Fsp3) is 0.727. The number of benzene rings is 1. The Kier molecular flexibility index (Phi) is 4.49. The Morgan fingerprint density at radius 1 is 1.14 bits per heavy atom. The lowest BCUT2D eigenvalue weighted by Crippen LogP contribution is -2.52. The minimum atomic E-state index is -0.252. The van der Waals surface area contributed by atoms with Crippen LogP contribution in [0.15, 0.2) is 18.2 Å². The molecule has 0 radical (unpaired) electrons. The van der Waals surface area contributed by atoms with E-state index in [1.54, 1.807) is 6.07 Å². The summed E-state index contributed by atoms with van der Waals surface area (Å²) >= 11 is 0. The second-order valence-electron chi connectivity index (χ2n) is 9.70. The van der Waals surface area contributed by atoms with E-state index in [4.69, 9.17) is 4.74 Å². The molecule has 1 aromatic rings. The van der Waals surface area contributed by atoms with Crippen molar-refractivity contribution in [1.82, 2.24) is 0 Å². The van der Waals surface area contributed by atoms with Crippen LogP contribution in [0.2, 0.25) is 0 Å². The summed E-state index contributed by atoms with van der Waals surface area (Å²) < 4.78 is 5.45. The fourth-order valence-corrected chi connectivity index (χ4v) is 6.91. The van der Waals surface area contributed by atoms with Crippen molar-refractivity contribution in [2.24, 2.45) is 23.2 Å². The number of nitro groups is 1. The highest BCUT2D eigenvalue weighted by atomic mass is 16.6. The van der Waals surface area contributed by atoms with Crippen LogP contribution in [0.1, 0.15) is 45.4 Å². The third kappa shape index (κ3) is 3.15. The number of morpholine rings is 1. The molecule has 0 aromatic heterocycles. The summed E-state index contributed by atoms with van der Waals surface area (Å²) in [5, 5.41) is 15.3. The summed E-state index contributed by atoms with van der Waals surface area (Å²) in [7, 11) is 0. The number of ether oxygens (including phenoxy) is 1. The lowest BCUT2D eigenvalue weighted by Gasteiger charge is -2.59. The summed E-state index contributed by atoms with van der Waals surface area (Å²) in [4.78, 5) is 13.7. The van der Waals surface area contributed by atoms with E-state index < -0.39 is 0 Å². The van der Waals surface area contributed by atoms with Crippen molar-refractivity contribution in [1.29, 1.82) is 0 Å². The Bertz CT molecular complexity index is 724. The summed E-state index contributed by atoms with van der Waals surface area (Å²) in [6, 6.07) is 5.80. The van der Waals surface area contributed by atoms with Crippen molar-refractivity contribution in [3.05, 3.63) is 28.3 Å². The molecule has 28 heavy (non-hydrogen) atoms. The molecule has 6 nitrogen and oxygen atoms in total. The van der Waals surface area contributed by atoms with E-state index in [1.165, 1.54) is 38.5 Å². The highest BCUT2D eigenvalue weighted by Gasteiger charge is 2.53. The topological polar surface area (TPSA) is 67.6 Å². The van der Waals surface area contributed by atoms with E-state index in [1.807, 2.05) is 12.1 Å². The Morgan fingerprint density at radius 2 is 1.75 bits per heavy atom. The Labute approximate surface area is 166 Å². The van der Waals surface area contributed by atoms with Crippen LogP contribution in [0.4, 0.5) is 17.1 Å². The van der Waals surface area contributed by atoms with Crippen LogP contribution in [0, 0.1) is 33.3 Å². The minimum Gasteiger partial charge on any atom is -0.378 e. The Morgan fingerprint density at radius 3 is 2.32 bits per heavy atom. The van der Waals surface area contributed by atoms with Crippen LogP contribution < -0.4 is 10.2 Å². The van der Waals surface area contributed by atoms with Crippen LogP contribution >= 0.6 is 0 Å². The summed E-state index contributed by atoms with van der Waals surface area (Å²) in [5.74, 6) is 2.64. The number of nitrogens with zero attached hydrogens (tertiary/aromatic N) is 2. The van der Waals surface area contributed by atoms with Crippen molar-refractivity contribution in [3.63, 3.8) is 0 Å². The molecule has 4 saturated carbocycles. The fourth-order valence-electron chi connectivity index (χ4n) is 6.91.